The number of nitriles is 1. The molecule has 1 saturated carbocycles. The highest BCUT2D eigenvalue weighted by Crippen LogP contribution is 2.34. The van der Waals surface area contributed by atoms with Crippen molar-refractivity contribution in [3.8, 4) is 6.07 Å². The van der Waals surface area contributed by atoms with Crippen molar-refractivity contribution in [2.45, 2.75) is 31.7 Å². The van der Waals surface area contributed by atoms with Gasteiger partial charge in [0.1, 0.15) is 17.3 Å². The maximum Gasteiger partial charge on any atom is 0.270 e. The van der Waals surface area contributed by atoms with E-state index in [1.54, 1.807) is 16.8 Å². The summed E-state index contributed by atoms with van der Waals surface area (Å²) in [5.41, 5.74) is 3.65. The monoisotopic (exact) mass is 468 g/mol. The summed E-state index contributed by atoms with van der Waals surface area (Å²) in [5.74, 6) is 0.434. The Bertz CT molecular complexity index is 1500. The summed E-state index contributed by atoms with van der Waals surface area (Å²) in [5, 5.41) is 14.6. The molecule has 4 heterocycles. The summed E-state index contributed by atoms with van der Waals surface area (Å²) in [6.45, 7) is 4.08. The average Bonchev–Trinajstić information content (AvgIpc) is 3.57. The van der Waals surface area contributed by atoms with Crippen LogP contribution in [0.2, 0.25) is 0 Å². The molecule has 6 rings (SSSR count). The molecular weight excluding hydrogens is 440 g/mol. The molecule has 3 aromatic heterocycles. The Morgan fingerprint density at radius 2 is 1.94 bits per heavy atom. The van der Waals surface area contributed by atoms with Gasteiger partial charge in [-0.3, -0.25) is 9.36 Å². The van der Waals surface area contributed by atoms with E-state index >= 15 is 0 Å². The van der Waals surface area contributed by atoms with Crippen LogP contribution in [0.25, 0.3) is 21.9 Å². The molecule has 0 unspecified atom stereocenters. The molecule has 35 heavy (non-hydrogen) atoms. The van der Waals surface area contributed by atoms with Crippen LogP contribution < -0.4 is 15.8 Å². The molecule has 0 radical (unpaired) electrons. The highest BCUT2D eigenvalue weighted by atomic mass is 16.1. The SMILES string of the molecule is CN1CCN(c2ccc(Nc3ncc4cc(C#N)c(=O)n(C5CCCC5)c4n3)c3cc[nH]c23)CC1. The number of anilines is 3. The Labute approximate surface area is 203 Å². The van der Waals surface area contributed by atoms with Crippen molar-refractivity contribution in [1.82, 2.24) is 24.4 Å². The van der Waals surface area contributed by atoms with Crippen LogP contribution in [0.4, 0.5) is 17.3 Å². The van der Waals surface area contributed by atoms with Gasteiger partial charge in [0.25, 0.3) is 5.56 Å². The van der Waals surface area contributed by atoms with E-state index < -0.39 is 0 Å². The molecule has 2 fully saturated rings. The molecule has 9 heteroatoms. The van der Waals surface area contributed by atoms with Crippen LogP contribution in [0, 0.1) is 11.3 Å². The molecule has 4 aromatic rings. The van der Waals surface area contributed by atoms with Crippen molar-refractivity contribution in [3.05, 3.63) is 52.6 Å². The number of rotatable bonds is 4. The van der Waals surface area contributed by atoms with Crippen LogP contribution >= 0.6 is 0 Å². The Morgan fingerprint density at radius 3 is 2.71 bits per heavy atom. The molecule has 178 valence electrons. The second kappa shape index (κ2) is 8.71. The maximum atomic E-state index is 13.1. The number of hydrogen-bond donors (Lipinski definition) is 2. The second-order valence-electron chi connectivity index (χ2n) is 9.57. The number of aromatic nitrogens is 4. The van der Waals surface area contributed by atoms with Crippen molar-refractivity contribution < 1.29 is 0 Å². The highest BCUT2D eigenvalue weighted by molar-refractivity contribution is 6.01. The number of benzene rings is 1. The standard InChI is InChI=1S/C26H28N8O/c1-32-10-12-33(13-11-32)22-7-6-21(20-8-9-28-23(20)22)30-26-29-16-18-14-17(15-27)25(35)34(24(18)31-26)19-4-2-3-5-19/h6-9,14,16,19,28H,2-5,10-13H2,1H3,(H,29,30,31). The Morgan fingerprint density at radius 1 is 1.14 bits per heavy atom. The highest BCUT2D eigenvalue weighted by Gasteiger charge is 2.23. The number of pyridine rings is 1. The van der Waals surface area contributed by atoms with Crippen molar-refractivity contribution in [2.24, 2.45) is 0 Å². The predicted octanol–water partition coefficient (Wildman–Crippen LogP) is 3.75. The predicted molar refractivity (Wildman–Crippen MR) is 137 cm³/mol. The van der Waals surface area contributed by atoms with Crippen LogP contribution in [0.15, 0.2) is 41.5 Å². The van der Waals surface area contributed by atoms with Crippen LogP contribution in [0.1, 0.15) is 37.3 Å². The number of aromatic amines is 1. The smallest absolute Gasteiger partial charge is 0.270 e. The molecule has 1 aliphatic heterocycles. The third-order valence-corrected chi connectivity index (χ3v) is 7.38. The van der Waals surface area contributed by atoms with E-state index in [0.29, 0.717) is 17.0 Å². The molecule has 2 aliphatic rings. The lowest BCUT2D eigenvalue weighted by Gasteiger charge is -2.34. The van der Waals surface area contributed by atoms with Crippen LogP contribution in [-0.2, 0) is 0 Å². The van der Waals surface area contributed by atoms with Gasteiger partial charge in [-0.25, -0.2) is 4.98 Å². The van der Waals surface area contributed by atoms with E-state index in [1.807, 2.05) is 12.3 Å². The molecule has 1 saturated heterocycles. The summed E-state index contributed by atoms with van der Waals surface area (Å²) < 4.78 is 1.72. The van der Waals surface area contributed by atoms with E-state index in [4.69, 9.17) is 4.98 Å². The molecule has 9 nitrogen and oxygen atoms in total. The number of piperazine rings is 1. The molecule has 2 N–H and O–H groups in total. The summed E-state index contributed by atoms with van der Waals surface area (Å²) in [4.78, 5) is 30.5. The van der Waals surface area contributed by atoms with Gasteiger partial charge in [-0.15, -0.1) is 0 Å². The Balaban J connectivity index is 1.39. The average molecular weight is 469 g/mol. The maximum absolute atomic E-state index is 13.1. The van der Waals surface area contributed by atoms with Crippen LogP contribution in [-0.4, -0.2) is 57.6 Å². The summed E-state index contributed by atoms with van der Waals surface area (Å²) in [7, 11) is 2.16. The van der Waals surface area contributed by atoms with Gasteiger partial charge in [0.05, 0.1) is 16.9 Å². The lowest BCUT2D eigenvalue weighted by Crippen LogP contribution is -2.44. The lowest BCUT2D eigenvalue weighted by molar-refractivity contribution is 0.313. The molecule has 0 bridgehead atoms. The van der Waals surface area contributed by atoms with Gasteiger partial charge in [0, 0.05) is 55.4 Å². The molecule has 0 atom stereocenters. The third-order valence-electron chi connectivity index (χ3n) is 7.38. The first-order valence-corrected chi connectivity index (χ1v) is 12.3. The van der Waals surface area contributed by atoms with E-state index in [1.165, 1.54) is 5.69 Å². The van der Waals surface area contributed by atoms with Crippen molar-refractivity contribution in [2.75, 3.05) is 43.4 Å². The van der Waals surface area contributed by atoms with Gasteiger partial charge in [-0.1, -0.05) is 12.8 Å². The number of H-pyrrole nitrogens is 1. The fraction of sp³-hybridized carbons (Fsp3) is 0.385. The van der Waals surface area contributed by atoms with Gasteiger partial charge in [-0.2, -0.15) is 10.2 Å². The van der Waals surface area contributed by atoms with Crippen molar-refractivity contribution >= 4 is 39.3 Å². The zero-order chi connectivity index (χ0) is 23.9. The van der Waals surface area contributed by atoms with E-state index in [2.05, 4.69) is 50.3 Å². The number of fused-ring (bicyclic) bond motifs is 2. The Kier molecular flexibility index (Phi) is 5.38. The largest absolute Gasteiger partial charge is 0.367 e. The number of nitrogens with one attached hydrogen (secondary N) is 2. The minimum Gasteiger partial charge on any atom is -0.367 e. The van der Waals surface area contributed by atoms with Gasteiger partial charge in [0.2, 0.25) is 5.95 Å². The summed E-state index contributed by atoms with van der Waals surface area (Å²) in [6, 6.07) is 9.98. The second-order valence-corrected chi connectivity index (χ2v) is 9.57. The minimum absolute atomic E-state index is 0.0697. The van der Waals surface area contributed by atoms with Crippen LogP contribution in [0.3, 0.4) is 0 Å². The first-order chi connectivity index (χ1) is 17.1. The molecule has 1 aliphatic carbocycles. The molecule has 1 aromatic carbocycles. The van der Waals surface area contributed by atoms with Gasteiger partial charge in [0.15, 0.2) is 0 Å². The molecule has 0 spiro atoms. The zero-order valence-electron chi connectivity index (χ0n) is 19.8. The number of nitrogens with zero attached hydrogens (tertiary/aromatic N) is 6. The number of hydrogen-bond acceptors (Lipinski definition) is 7. The van der Waals surface area contributed by atoms with Crippen LogP contribution in [0.5, 0.6) is 0 Å². The van der Waals surface area contributed by atoms with Gasteiger partial charge in [-0.05, 0) is 44.2 Å². The number of likely N-dealkylation sites (N-methyl/N-ethyl adjacent to an activating group) is 1. The fourth-order valence-corrected chi connectivity index (χ4v) is 5.44. The van der Waals surface area contributed by atoms with Crippen molar-refractivity contribution in [3.63, 3.8) is 0 Å². The summed E-state index contributed by atoms with van der Waals surface area (Å²) >= 11 is 0. The fourth-order valence-electron chi connectivity index (χ4n) is 5.44. The first-order valence-electron chi connectivity index (χ1n) is 12.3. The van der Waals surface area contributed by atoms with Gasteiger partial charge >= 0.3 is 0 Å². The molecule has 0 amide bonds. The minimum atomic E-state index is -0.263. The zero-order valence-corrected chi connectivity index (χ0v) is 19.8. The first kappa shape index (κ1) is 21.6. The van der Waals surface area contributed by atoms with E-state index in [9.17, 15) is 10.1 Å². The quantitative estimate of drug-likeness (QED) is 0.470. The van der Waals surface area contributed by atoms with Crippen molar-refractivity contribution in [1.29, 1.82) is 5.26 Å². The third kappa shape index (κ3) is 3.80. The summed E-state index contributed by atoms with van der Waals surface area (Å²) in [6.07, 6.45) is 7.66. The normalized spacial score (nSPS) is 17.3. The Hall–Kier alpha value is -3.90. The molecular formula is C26H28N8O. The van der Waals surface area contributed by atoms with Gasteiger partial charge < -0.3 is 20.1 Å². The van der Waals surface area contributed by atoms with E-state index in [0.717, 1.165) is 68.5 Å². The van der Waals surface area contributed by atoms with E-state index in [-0.39, 0.29) is 17.2 Å². The lowest BCUT2D eigenvalue weighted by atomic mass is 10.1. The topological polar surface area (TPSA) is 106 Å².